The summed E-state index contributed by atoms with van der Waals surface area (Å²) in [6.07, 6.45) is 3.70. The van der Waals surface area contributed by atoms with Gasteiger partial charge in [-0.25, -0.2) is 4.39 Å². The van der Waals surface area contributed by atoms with E-state index in [0.717, 1.165) is 31.2 Å². The van der Waals surface area contributed by atoms with Gasteiger partial charge in [-0.15, -0.1) is 0 Å². The van der Waals surface area contributed by atoms with E-state index < -0.39 is 0 Å². The van der Waals surface area contributed by atoms with Gasteiger partial charge < -0.3 is 5.11 Å². The lowest BCUT2D eigenvalue weighted by Gasteiger charge is -2.33. The molecule has 0 spiro atoms. The summed E-state index contributed by atoms with van der Waals surface area (Å²) in [5, 5.41) is 9.65. The molecule has 1 saturated carbocycles. The van der Waals surface area contributed by atoms with Crippen molar-refractivity contribution in [3.05, 3.63) is 35.6 Å². The highest BCUT2D eigenvalue weighted by molar-refractivity contribution is 5.17. The summed E-state index contributed by atoms with van der Waals surface area (Å²) in [6.45, 7) is 0.615. The van der Waals surface area contributed by atoms with Crippen LogP contribution in [0.4, 0.5) is 4.39 Å². The van der Waals surface area contributed by atoms with Gasteiger partial charge in [-0.2, -0.15) is 0 Å². The zero-order valence-corrected chi connectivity index (χ0v) is 10.3. The van der Waals surface area contributed by atoms with Crippen LogP contribution in [-0.2, 0) is 6.54 Å². The first-order valence-corrected chi connectivity index (χ1v) is 6.28. The normalized spacial score (nSPS) is 25.2. The second-order valence-corrected chi connectivity index (χ2v) is 4.98. The van der Waals surface area contributed by atoms with Crippen LogP contribution < -0.4 is 0 Å². The van der Waals surface area contributed by atoms with Crippen LogP contribution >= 0.6 is 0 Å². The van der Waals surface area contributed by atoms with E-state index in [1.807, 2.05) is 19.2 Å². The molecule has 2 rings (SSSR count). The lowest BCUT2D eigenvalue weighted by atomic mass is 9.92. The first kappa shape index (κ1) is 12.5. The van der Waals surface area contributed by atoms with E-state index in [1.54, 1.807) is 6.07 Å². The van der Waals surface area contributed by atoms with Crippen molar-refractivity contribution in [3.63, 3.8) is 0 Å². The fraction of sp³-hybridized carbons (Fsp3) is 0.571. The van der Waals surface area contributed by atoms with E-state index in [0.29, 0.717) is 12.6 Å². The smallest absolute Gasteiger partial charge is 0.127 e. The molecule has 0 aliphatic heterocycles. The lowest BCUT2D eigenvalue weighted by Crippen LogP contribution is -2.37. The highest BCUT2D eigenvalue weighted by atomic mass is 19.1. The number of aliphatic hydroxyl groups excluding tert-OH is 1. The van der Waals surface area contributed by atoms with E-state index in [2.05, 4.69) is 4.90 Å². The van der Waals surface area contributed by atoms with Gasteiger partial charge in [0.05, 0.1) is 6.10 Å². The minimum Gasteiger partial charge on any atom is -0.393 e. The summed E-state index contributed by atoms with van der Waals surface area (Å²) in [5.74, 6) is -0.143. The molecule has 0 saturated heterocycles. The number of halogens is 1. The number of hydrogen-bond donors (Lipinski definition) is 1. The standard InChI is InChI=1S/C14H20FNO/c1-16(12-6-4-7-13(17)9-12)10-11-5-2-3-8-14(11)15/h2-3,5,8,12-13,17H,4,6-7,9-10H2,1H3. The third-order valence-corrected chi connectivity index (χ3v) is 3.62. The fourth-order valence-electron chi connectivity index (χ4n) is 2.56. The van der Waals surface area contributed by atoms with Crippen molar-refractivity contribution in [1.29, 1.82) is 0 Å². The van der Waals surface area contributed by atoms with Gasteiger partial charge in [0.15, 0.2) is 0 Å². The second-order valence-electron chi connectivity index (χ2n) is 4.98. The molecule has 0 aromatic heterocycles. The van der Waals surface area contributed by atoms with Crippen LogP contribution in [0.3, 0.4) is 0 Å². The third-order valence-electron chi connectivity index (χ3n) is 3.62. The van der Waals surface area contributed by atoms with E-state index in [9.17, 15) is 9.50 Å². The van der Waals surface area contributed by atoms with Crippen molar-refractivity contribution >= 4 is 0 Å². The largest absolute Gasteiger partial charge is 0.393 e. The van der Waals surface area contributed by atoms with Crippen molar-refractivity contribution in [3.8, 4) is 0 Å². The summed E-state index contributed by atoms with van der Waals surface area (Å²) >= 11 is 0. The van der Waals surface area contributed by atoms with Crippen LogP contribution in [0.2, 0.25) is 0 Å². The lowest BCUT2D eigenvalue weighted by molar-refractivity contribution is 0.0697. The van der Waals surface area contributed by atoms with Gasteiger partial charge in [0, 0.05) is 18.2 Å². The molecule has 1 fully saturated rings. The highest BCUT2D eigenvalue weighted by Gasteiger charge is 2.23. The zero-order chi connectivity index (χ0) is 12.3. The summed E-state index contributed by atoms with van der Waals surface area (Å²) in [7, 11) is 2.01. The number of rotatable bonds is 3. The first-order valence-electron chi connectivity index (χ1n) is 6.28. The van der Waals surface area contributed by atoms with Crippen LogP contribution in [0.5, 0.6) is 0 Å². The van der Waals surface area contributed by atoms with Crippen molar-refractivity contribution < 1.29 is 9.50 Å². The van der Waals surface area contributed by atoms with Crippen LogP contribution in [0.1, 0.15) is 31.2 Å². The molecule has 2 atom stereocenters. The van der Waals surface area contributed by atoms with E-state index >= 15 is 0 Å². The fourth-order valence-corrected chi connectivity index (χ4v) is 2.56. The summed E-state index contributed by atoms with van der Waals surface area (Å²) in [4.78, 5) is 2.15. The summed E-state index contributed by atoms with van der Waals surface area (Å²) in [6, 6.07) is 7.27. The maximum atomic E-state index is 13.5. The predicted octanol–water partition coefficient (Wildman–Crippen LogP) is 2.56. The van der Waals surface area contributed by atoms with Crippen LogP contribution in [-0.4, -0.2) is 29.2 Å². The number of benzene rings is 1. The van der Waals surface area contributed by atoms with Crippen molar-refractivity contribution in [2.45, 2.75) is 44.4 Å². The Kier molecular flexibility index (Phi) is 4.13. The molecule has 94 valence electrons. The molecule has 0 bridgehead atoms. The molecular formula is C14H20FNO. The minimum atomic E-state index is -0.183. The van der Waals surface area contributed by atoms with Gasteiger partial charge in [0.2, 0.25) is 0 Å². The molecule has 0 amide bonds. The van der Waals surface area contributed by atoms with E-state index in [1.165, 1.54) is 6.07 Å². The molecule has 1 N–H and O–H groups in total. The molecule has 1 aromatic carbocycles. The van der Waals surface area contributed by atoms with Crippen molar-refractivity contribution in [1.82, 2.24) is 4.90 Å². The second kappa shape index (κ2) is 5.61. The average molecular weight is 237 g/mol. The maximum absolute atomic E-state index is 13.5. The topological polar surface area (TPSA) is 23.5 Å². The molecule has 3 heteroatoms. The first-order chi connectivity index (χ1) is 8.16. The molecule has 0 radical (unpaired) electrons. The Morgan fingerprint density at radius 1 is 1.35 bits per heavy atom. The Labute approximate surface area is 102 Å². The van der Waals surface area contributed by atoms with Gasteiger partial charge >= 0.3 is 0 Å². The Hall–Kier alpha value is -0.930. The molecular weight excluding hydrogens is 217 g/mol. The zero-order valence-electron chi connectivity index (χ0n) is 10.3. The summed E-state index contributed by atoms with van der Waals surface area (Å²) in [5.41, 5.74) is 0.732. The van der Waals surface area contributed by atoms with Crippen LogP contribution in [0.15, 0.2) is 24.3 Å². The average Bonchev–Trinajstić information content (AvgIpc) is 2.32. The molecule has 17 heavy (non-hydrogen) atoms. The quantitative estimate of drug-likeness (QED) is 0.873. The van der Waals surface area contributed by atoms with Crippen LogP contribution in [0.25, 0.3) is 0 Å². The molecule has 1 aliphatic carbocycles. The molecule has 1 aromatic rings. The van der Waals surface area contributed by atoms with Crippen molar-refractivity contribution in [2.75, 3.05) is 7.05 Å². The molecule has 0 heterocycles. The number of hydrogen-bond acceptors (Lipinski definition) is 2. The summed E-state index contributed by atoms with van der Waals surface area (Å²) < 4.78 is 13.5. The van der Waals surface area contributed by atoms with Gasteiger partial charge in [0.25, 0.3) is 0 Å². The molecule has 2 nitrogen and oxygen atoms in total. The number of nitrogens with zero attached hydrogens (tertiary/aromatic N) is 1. The van der Waals surface area contributed by atoms with E-state index in [4.69, 9.17) is 0 Å². The Balaban J connectivity index is 1.96. The Bertz CT molecular complexity index is 369. The Morgan fingerprint density at radius 3 is 2.82 bits per heavy atom. The van der Waals surface area contributed by atoms with Crippen molar-refractivity contribution in [2.24, 2.45) is 0 Å². The highest BCUT2D eigenvalue weighted by Crippen LogP contribution is 2.23. The Morgan fingerprint density at radius 2 is 2.12 bits per heavy atom. The monoisotopic (exact) mass is 237 g/mol. The van der Waals surface area contributed by atoms with E-state index in [-0.39, 0.29) is 11.9 Å². The van der Waals surface area contributed by atoms with Gasteiger partial charge in [0.1, 0.15) is 5.82 Å². The van der Waals surface area contributed by atoms with Gasteiger partial charge in [-0.1, -0.05) is 18.2 Å². The van der Waals surface area contributed by atoms with Gasteiger partial charge in [-0.05, 0) is 38.8 Å². The van der Waals surface area contributed by atoms with Gasteiger partial charge in [-0.3, -0.25) is 4.90 Å². The van der Waals surface area contributed by atoms with Crippen LogP contribution in [0, 0.1) is 5.82 Å². The maximum Gasteiger partial charge on any atom is 0.127 e. The molecule has 1 aliphatic rings. The SMILES string of the molecule is CN(Cc1ccccc1F)C1CCCC(O)C1. The number of aliphatic hydroxyl groups is 1. The molecule has 2 unspecified atom stereocenters. The predicted molar refractivity (Wildman–Crippen MR) is 66.1 cm³/mol. The third kappa shape index (κ3) is 3.27. The minimum absolute atomic E-state index is 0.143.